The number of nitrogens with one attached hydrogen (secondary N) is 1. The van der Waals surface area contributed by atoms with Crippen LogP contribution in [0.4, 0.5) is 0 Å². The second-order valence-corrected chi connectivity index (χ2v) is 3.68. The van der Waals surface area contributed by atoms with Gasteiger partial charge in [0, 0.05) is 12.6 Å². The normalized spacial score (nSPS) is 19.3. The average molecular weight is 241 g/mol. The predicted octanol–water partition coefficient (Wildman–Crippen LogP) is 0.780. The van der Waals surface area contributed by atoms with Crippen LogP contribution in [0.1, 0.15) is 16.8 Å². The molecular weight excluding hydrogens is 232 g/mol. The first kappa shape index (κ1) is 10.9. The van der Waals surface area contributed by atoms with E-state index in [-0.39, 0.29) is 10.7 Å². The molecule has 1 fully saturated rings. The molecule has 0 aliphatic carbocycles. The molecule has 0 saturated carbocycles. The van der Waals surface area contributed by atoms with Crippen molar-refractivity contribution in [1.82, 2.24) is 10.3 Å². The summed E-state index contributed by atoms with van der Waals surface area (Å²) in [5.41, 5.74) is 0.254. The van der Waals surface area contributed by atoms with E-state index in [1.807, 2.05) is 0 Å². The van der Waals surface area contributed by atoms with Crippen LogP contribution in [0, 0.1) is 0 Å². The van der Waals surface area contributed by atoms with E-state index < -0.39 is 17.9 Å². The Hall–Kier alpha value is -1.62. The third-order valence-corrected chi connectivity index (χ3v) is 2.55. The highest BCUT2D eigenvalue weighted by Gasteiger charge is 2.28. The Morgan fingerprint density at radius 1 is 1.62 bits per heavy atom. The SMILES string of the molecule is O=C(NC1CCOC1=O)c1cccnc1Cl. The van der Waals surface area contributed by atoms with Gasteiger partial charge in [0.2, 0.25) is 0 Å². The monoisotopic (exact) mass is 240 g/mol. The molecule has 1 N–H and O–H groups in total. The summed E-state index contributed by atoms with van der Waals surface area (Å²) in [7, 11) is 0. The summed E-state index contributed by atoms with van der Waals surface area (Å²) in [6.45, 7) is 0.338. The van der Waals surface area contributed by atoms with Crippen LogP contribution < -0.4 is 5.32 Å². The minimum absolute atomic E-state index is 0.117. The maximum atomic E-state index is 11.7. The van der Waals surface area contributed by atoms with Crippen LogP contribution in [0.2, 0.25) is 5.15 Å². The van der Waals surface area contributed by atoms with Crippen molar-refractivity contribution in [2.75, 3.05) is 6.61 Å². The molecule has 5 nitrogen and oxygen atoms in total. The third kappa shape index (κ3) is 2.14. The largest absolute Gasteiger partial charge is 0.464 e. The number of hydrogen-bond donors (Lipinski definition) is 1. The number of carbonyl (C=O) groups is 2. The molecule has 1 aromatic heterocycles. The van der Waals surface area contributed by atoms with Crippen LogP contribution in [-0.4, -0.2) is 29.5 Å². The number of carbonyl (C=O) groups excluding carboxylic acids is 2. The number of nitrogens with zero attached hydrogens (tertiary/aromatic N) is 1. The Bertz CT molecular complexity index is 436. The summed E-state index contributed by atoms with van der Waals surface area (Å²) >= 11 is 5.75. The van der Waals surface area contributed by atoms with E-state index in [0.29, 0.717) is 13.0 Å². The molecule has 1 amide bonds. The van der Waals surface area contributed by atoms with Crippen LogP contribution in [0.25, 0.3) is 0 Å². The number of aromatic nitrogens is 1. The topological polar surface area (TPSA) is 68.3 Å². The van der Waals surface area contributed by atoms with E-state index in [1.54, 1.807) is 12.1 Å². The van der Waals surface area contributed by atoms with Gasteiger partial charge in [-0.3, -0.25) is 4.79 Å². The molecule has 1 unspecified atom stereocenters. The van der Waals surface area contributed by atoms with Crippen LogP contribution in [0.15, 0.2) is 18.3 Å². The van der Waals surface area contributed by atoms with E-state index in [4.69, 9.17) is 16.3 Å². The Kier molecular flexibility index (Phi) is 3.05. The first-order valence-corrected chi connectivity index (χ1v) is 5.14. The van der Waals surface area contributed by atoms with Crippen molar-refractivity contribution in [1.29, 1.82) is 0 Å². The van der Waals surface area contributed by atoms with Gasteiger partial charge in [0.1, 0.15) is 11.2 Å². The Morgan fingerprint density at radius 2 is 2.44 bits per heavy atom. The minimum atomic E-state index is -0.580. The van der Waals surface area contributed by atoms with Crippen LogP contribution in [-0.2, 0) is 9.53 Å². The van der Waals surface area contributed by atoms with Crippen molar-refractivity contribution >= 4 is 23.5 Å². The van der Waals surface area contributed by atoms with E-state index in [0.717, 1.165) is 0 Å². The van der Waals surface area contributed by atoms with Gasteiger partial charge in [-0.25, -0.2) is 9.78 Å². The number of rotatable bonds is 2. The molecule has 0 spiro atoms. The van der Waals surface area contributed by atoms with Gasteiger partial charge in [-0.2, -0.15) is 0 Å². The lowest BCUT2D eigenvalue weighted by Gasteiger charge is -2.09. The molecule has 0 aromatic carbocycles. The molecule has 1 aromatic rings. The second-order valence-electron chi connectivity index (χ2n) is 3.32. The number of ether oxygens (including phenoxy) is 1. The molecule has 1 aliphatic rings. The third-order valence-electron chi connectivity index (χ3n) is 2.24. The first-order valence-electron chi connectivity index (χ1n) is 4.76. The van der Waals surface area contributed by atoms with E-state index >= 15 is 0 Å². The molecule has 16 heavy (non-hydrogen) atoms. The summed E-state index contributed by atoms with van der Waals surface area (Å²) in [6, 6.07) is 2.57. The van der Waals surface area contributed by atoms with Crippen molar-refractivity contribution in [2.24, 2.45) is 0 Å². The molecule has 1 atom stereocenters. The van der Waals surface area contributed by atoms with Gasteiger partial charge in [0.05, 0.1) is 12.2 Å². The number of esters is 1. The fourth-order valence-corrected chi connectivity index (χ4v) is 1.62. The minimum Gasteiger partial charge on any atom is -0.464 e. The summed E-state index contributed by atoms with van der Waals surface area (Å²) in [6.07, 6.45) is 1.98. The van der Waals surface area contributed by atoms with Crippen molar-refractivity contribution < 1.29 is 14.3 Å². The van der Waals surface area contributed by atoms with Gasteiger partial charge in [-0.1, -0.05) is 11.6 Å². The Morgan fingerprint density at radius 3 is 3.06 bits per heavy atom. The lowest BCUT2D eigenvalue weighted by Crippen LogP contribution is -2.38. The quantitative estimate of drug-likeness (QED) is 0.613. The van der Waals surface area contributed by atoms with E-state index in [9.17, 15) is 9.59 Å². The lowest BCUT2D eigenvalue weighted by atomic mass is 10.2. The second kappa shape index (κ2) is 4.49. The van der Waals surface area contributed by atoms with Gasteiger partial charge in [-0.15, -0.1) is 0 Å². The number of halogens is 1. The molecule has 2 heterocycles. The predicted molar refractivity (Wildman–Crippen MR) is 56.1 cm³/mol. The molecule has 0 bridgehead atoms. The fraction of sp³-hybridized carbons (Fsp3) is 0.300. The molecule has 0 radical (unpaired) electrons. The molecule has 2 rings (SSSR count). The zero-order chi connectivity index (χ0) is 11.5. The number of pyridine rings is 1. The Balaban J connectivity index is 2.09. The molecule has 6 heteroatoms. The fourth-order valence-electron chi connectivity index (χ4n) is 1.42. The Labute approximate surface area is 96.8 Å². The number of amides is 1. The zero-order valence-electron chi connectivity index (χ0n) is 8.27. The van der Waals surface area contributed by atoms with Gasteiger partial charge in [-0.05, 0) is 12.1 Å². The first-order chi connectivity index (χ1) is 7.68. The molecule has 84 valence electrons. The van der Waals surface area contributed by atoms with Crippen molar-refractivity contribution in [2.45, 2.75) is 12.5 Å². The molecular formula is C10H9ClN2O3. The van der Waals surface area contributed by atoms with Crippen molar-refractivity contribution in [3.63, 3.8) is 0 Å². The van der Waals surface area contributed by atoms with Gasteiger partial charge in [0.25, 0.3) is 5.91 Å². The number of hydrogen-bond acceptors (Lipinski definition) is 4. The van der Waals surface area contributed by atoms with Crippen molar-refractivity contribution in [3.05, 3.63) is 29.0 Å². The smallest absolute Gasteiger partial charge is 0.328 e. The maximum absolute atomic E-state index is 11.7. The van der Waals surface area contributed by atoms with Gasteiger partial charge in [0.15, 0.2) is 0 Å². The van der Waals surface area contributed by atoms with Crippen LogP contribution in [0.5, 0.6) is 0 Å². The number of cyclic esters (lactones) is 1. The lowest BCUT2D eigenvalue weighted by molar-refractivity contribution is -0.139. The average Bonchev–Trinajstić information content (AvgIpc) is 2.65. The zero-order valence-corrected chi connectivity index (χ0v) is 9.03. The highest BCUT2D eigenvalue weighted by molar-refractivity contribution is 6.32. The maximum Gasteiger partial charge on any atom is 0.328 e. The van der Waals surface area contributed by atoms with Crippen LogP contribution in [0.3, 0.4) is 0 Å². The van der Waals surface area contributed by atoms with E-state index in [2.05, 4.69) is 10.3 Å². The van der Waals surface area contributed by atoms with Crippen molar-refractivity contribution in [3.8, 4) is 0 Å². The summed E-state index contributed by atoms with van der Waals surface area (Å²) < 4.78 is 4.73. The van der Waals surface area contributed by atoms with Gasteiger partial charge >= 0.3 is 5.97 Å². The summed E-state index contributed by atoms with van der Waals surface area (Å²) in [5, 5.41) is 2.66. The molecule has 1 saturated heterocycles. The van der Waals surface area contributed by atoms with Crippen LogP contribution >= 0.6 is 11.6 Å². The highest BCUT2D eigenvalue weighted by atomic mass is 35.5. The molecule has 1 aliphatic heterocycles. The van der Waals surface area contributed by atoms with Gasteiger partial charge < -0.3 is 10.1 Å². The summed E-state index contributed by atoms with van der Waals surface area (Å²) in [5.74, 6) is -0.824. The highest BCUT2D eigenvalue weighted by Crippen LogP contribution is 2.13. The standard InChI is InChI=1S/C10H9ClN2O3/c11-8-6(2-1-4-12-8)9(14)13-7-3-5-16-10(7)15/h1-2,4,7H,3,5H2,(H,13,14). The van der Waals surface area contributed by atoms with E-state index in [1.165, 1.54) is 6.20 Å². The summed E-state index contributed by atoms with van der Waals surface area (Å²) in [4.78, 5) is 26.6.